The highest BCUT2D eigenvalue weighted by molar-refractivity contribution is 5.61. The maximum absolute atomic E-state index is 4.79. The fourth-order valence-corrected chi connectivity index (χ4v) is 3.01. The van der Waals surface area contributed by atoms with E-state index in [4.69, 9.17) is 15.0 Å². The first-order valence-electron chi connectivity index (χ1n) is 8.50. The average molecular weight is 325 g/mol. The smallest absolute Gasteiger partial charge is 0.163 e. The molecule has 1 aromatic heterocycles. The molecule has 1 aliphatic rings. The monoisotopic (exact) mass is 325 g/mol. The molecule has 0 saturated carbocycles. The van der Waals surface area contributed by atoms with Gasteiger partial charge in [-0.25, -0.2) is 15.0 Å². The third-order valence-electron chi connectivity index (χ3n) is 4.31. The van der Waals surface area contributed by atoms with Crippen molar-refractivity contribution < 1.29 is 0 Å². The zero-order chi connectivity index (χ0) is 17.1. The van der Waals surface area contributed by atoms with Gasteiger partial charge in [0, 0.05) is 17.0 Å². The highest BCUT2D eigenvalue weighted by Crippen LogP contribution is 2.29. The molecule has 4 rings (SSSR count). The van der Waals surface area contributed by atoms with E-state index in [1.807, 2.05) is 60.7 Å². The molecule has 0 amide bonds. The maximum atomic E-state index is 4.79. The Morgan fingerprint density at radius 2 is 1.32 bits per heavy atom. The van der Waals surface area contributed by atoms with Crippen LogP contribution < -0.4 is 0 Å². The van der Waals surface area contributed by atoms with Crippen LogP contribution in [0.2, 0.25) is 0 Å². The molecular formula is C22H19N3. The van der Waals surface area contributed by atoms with Gasteiger partial charge in [-0.2, -0.15) is 0 Å². The normalized spacial score (nSPS) is 16.5. The van der Waals surface area contributed by atoms with Crippen LogP contribution in [0, 0.1) is 0 Å². The summed E-state index contributed by atoms with van der Waals surface area (Å²) in [6.07, 6.45) is 7.36. The molecule has 25 heavy (non-hydrogen) atoms. The third kappa shape index (κ3) is 3.41. The van der Waals surface area contributed by atoms with Gasteiger partial charge in [-0.15, -0.1) is 0 Å². The van der Waals surface area contributed by atoms with Gasteiger partial charge in [-0.3, -0.25) is 0 Å². The van der Waals surface area contributed by atoms with Crippen molar-refractivity contribution in [2.75, 3.05) is 0 Å². The van der Waals surface area contributed by atoms with Crippen LogP contribution in [-0.4, -0.2) is 15.0 Å². The molecule has 3 aromatic rings. The van der Waals surface area contributed by atoms with Gasteiger partial charge in [0.1, 0.15) is 5.82 Å². The number of hydrogen-bond acceptors (Lipinski definition) is 3. The molecule has 1 aliphatic carbocycles. The molecule has 0 N–H and O–H groups in total. The third-order valence-corrected chi connectivity index (χ3v) is 4.31. The van der Waals surface area contributed by atoms with Crippen molar-refractivity contribution in [3.05, 3.63) is 90.3 Å². The molecule has 122 valence electrons. The van der Waals surface area contributed by atoms with Gasteiger partial charge in [-0.1, -0.05) is 84.5 Å². The Balaban J connectivity index is 1.84. The number of benzene rings is 2. The summed E-state index contributed by atoms with van der Waals surface area (Å²) in [6.45, 7) is 2.15. The highest BCUT2D eigenvalue weighted by Gasteiger charge is 2.18. The van der Waals surface area contributed by atoms with Crippen LogP contribution in [0.25, 0.3) is 22.8 Å². The van der Waals surface area contributed by atoms with Crippen molar-refractivity contribution in [2.45, 2.75) is 19.3 Å². The predicted octanol–water partition coefficient (Wildman–Crippen LogP) is 5.20. The first-order valence-corrected chi connectivity index (χ1v) is 8.50. The van der Waals surface area contributed by atoms with E-state index in [2.05, 4.69) is 25.2 Å². The fraction of sp³-hybridized carbons (Fsp3) is 0.136. The predicted molar refractivity (Wildman–Crippen MR) is 101 cm³/mol. The van der Waals surface area contributed by atoms with Crippen LogP contribution in [-0.2, 0) is 0 Å². The standard InChI is InChI=1S/C22H19N3/c1-16-9-8-14-19(15-16)22-24-20(17-10-4-2-5-11-17)23-21(25-22)18-12-6-3-7-13-18/h2-14,19H,15H2,1H3. The second kappa shape index (κ2) is 6.81. The molecule has 0 radical (unpaired) electrons. The molecule has 0 spiro atoms. The molecule has 0 saturated heterocycles. The summed E-state index contributed by atoms with van der Waals surface area (Å²) >= 11 is 0. The van der Waals surface area contributed by atoms with E-state index < -0.39 is 0 Å². The lowest BCUT2D eigenvalue weighted by atomic mass is 9.94. The van der Waals surface area contributed by atoms with Crippen LogP contribution in [0.5, 0.6) is 0 Å². The van der Waals surface area contributed by atoms with Crippen molar-refractivity contribution in [3.63, 3.8) is 0 Å². The number of aromatic nitrogens is 3. The number of allylic oxidation sites excluding steroid dienone is 4. The SMILES string of the molecule is CC1=CC=CC(c2nc(-c3ccccc3)nc(-c3ccccc3)n2)C1. The molecule has 3 heteroatoms. The van der Waals surface area contributed by atoms with Gasteiger partial charge >= 0.3 is 0 Å². The molecule has 1 atom stereocenters. The lowest BCUT2D eigenvalue weighted by molar-refractivity contribution is 0.740. The molecule has 2 aromatic carbocycles. The Morgan fingerprint density at radius 3 is 1.84 bits per heavy atom. The second-order valence-electron chi connectivity index (χ2n) is 6.28. The summed E-state index contributed by atoms with van der Waals surface area (Å²) in [5, 5.41) is 0. The van der Waals surface area contributed by atoms with Crippen molar-refractivity contribution in [1.29, 1.82) is 0 Å². The lowest BCUT2D eigenvalue weighted by Gasteiger charge is -2.16. The van der Waals surface area contributed by atoms with Crippen LogP contribution in [0.1, 0.15) is 25.1 Å². The zero-order valence-electron chi connectivity index (χ0n) is 14.1. The lowest BCUT2D eigenvalue weighted by Crippen LogP contribution is -2.09. The van der Waals surface area contributed by atoms with Gasteiger partial charge < -0.3 is 0 Å². The Labute approximate surface area is 147 Å². The van der Waals surface area contributed by atoms with Crippen molar-refractivity contribution in [2.24, 2.45) is 0 Å². The van der Waals surface area contributed by atoms with E-state index in [9.17, 15) is 0 Å². The number of hydrogen-bond donors (Lipinski definition) is 0. The number of rotatable bonds is 3. The van der Waals surface area contributed by atoms with Crippen molar-refractivity contribution in [1.82, 2.24) is 15.0 Å². The summed E-state index contributed by atoms with van der Waals surface area (Å²) in [7, 11) is 0. The summed E-state index contributed by atoms with van der Waals surface area (Å²) in [6, 6.07) is 20.2. The number of nitrogens with zero attached hydrogens (tertiary/aromatic N) is 3. The first-order chi connectivity index (χ1) is 12.3. The van der Waals surface area contributed by atoms with Gasteiger partial charge in [0.2, 0.25) is 0 Å². The molecule has 3 nitrogen and oxygen atoms in total. The van der Waals surface area contributed by atoms with Crippen LogP contribution in [0.15, 0.2) is 84.5 Å². The summed E-state index contributed by atoms with van der Waals surface area (Å²) < 4.78 is 0. The minimum atomic E-state index is 0.193. The Hall–Kier alpha value is -3.07. The summed E-state index contributed by atoms with van der Waals surface area (Å²) in [5.41, 5.74) is 3.36. The fourth-order valence-electron chi connectivity index (χ4n) is 3.01. The van der Waals surface area contributed by atoms with Crippen LogP contribution in [0.4, 0.5) is 0 Å². The Bertz CT molecular complexity index is 870. The largest absolute Gasteiger partial charge is 0.212 e. The maximum Gasteiger partial charge on any atom is 0.163 e. The second-order valence-corrected chi connectivity index (χ2v) is 6.28. The molecular weight excluding hydrogens is 306 g/mol. The van der Waals surface area contributed by atoms with Crippen LogP contribution in [0.3, 0.4) is 0 Å². The molecule has 1 unspecified atom stereocenters. The van der Waals surface area contributed by atoms with E-state index >= 15 is 0 Å². The average Bonchev–Trinajstić information content (AvgIpc) is 2.69. The topological polar surface area (TPSA) is 38.7 Å². The first kappa shape index (κ1) is 15.5. The minimum absolute atomic E-state index is 0.193. The molecule has 0 aliphatic heterocycles. The van der Waals surface area contributed by atoms with Crippen molar-refractivity contribution in [3.8, 4) is 22.8 Å². The minimum Gasteiger partial charge on any atom is -0.212 e. The van der Waals surface area contributed by atoms with E-state index in [0.717, 1.165) is 35.0 Å². The van der Waals surface area contributed by atoms with E-state index in [0.29, 0.717) is 0 Å². The molecule has 0 bridgehead atoms. The van der Waals surface area contributed by atoms with E-state index in [1.54, 1.807) is 0 Å². The van der Waals surface area contributed by atoms with Crippen molar-refractivity contribution >= 4 is 0 Å². The molecule has 1 heterocycles. The van der Waals surface area contributed by atoms with Gasteiger partial charge in [0.15, 0.2) is 11.6 Å². The Kier molecular flexibility index (Phi) is 4.21. The summed E-state index contributed by atoms with van der Waals surface area (Å²) in [5.74, 6) is 2.48. The van der Waals surface area contributed by atoms with E-state index in [-0.39, 0.29) is 5.92 Å². The van der Waals surface area contributed by atoms with E-state index in [1.165, 1.54) is 5.57 Å². The summed E-state index contributed by atoms with van der Waals surface area (Å²) in [4.78, 5) is 14.3. The van der Waals surface area contributed by atoms with Crippen LogP contribution >= 0.6 is 0 Å². The van der Waals surface area contributed by atoms with Gasteiger partial charge in [-0.05, 0) is 13.3 Å². The Morgan fingerprint density at radius 1 is 0.760 bits per heavy atom. The quantitative estimate of drug-likeness (QED) is 0.664. The van der Waals surface area contributed by atoms with Gasteiger partial charge in [0.25, 0.3) is 0 Å². The molecule has 0 fully saturated rings. The zero-order valence-corrected chi connectivity index (χ0v) is 14.1. The van der Waals surface area contributed by atoms with Gasteiger partial charge in [0.05, 0.1) is 0 Å². The highest BCUT2D eigenvalue weighted by atomic mass is 15.0.